The van der Waals surface area contributed by atoms with Gasteiger partial charge in [-0.3, -0.25) is 9.69 Å². The van der Waals surface area contributed by atoms with E-state index < -0.39 is 5.97 Å². The summed E-state index contributed by atoms with van der Waals surface area (Å²) in [5.41, 5.74) is 2.22. The largest absolute Gasteiger partial charge is 0.496 e. The number of ether oxygens (including phenoxy) is 1. The lowest BCUT2D eigenvalue weighted by Crippen LogP contribution is -2.31. The van der Waals surface area contributed by atoms with E-state index >= 15 is 0 Å². The molecule has 1 aromatic carbocycles. The van der Waals surface area contributed by atoms with E-state index in [4.69, 9.17) is 9.84 Å². The average Bonchev–Trinajstić information content (AvgIpc) is 3.12. The second kappa shape index (κ2) is 6.06. The smallest absolute Gasteiger partial charge is 0.317 e. The summed E-state index contributed by atoms with van der Waals surface area (Å²) in [4.78, 5) is 12.9. The monoisotopic (exact) mass is 263 g/mol. The third kappa shape index (κ3) is 4.24. The number of carboxylic acid groups (broad SMARTS) is 1. The highest BCUT2D eigenvalue weighted by Gasteiger charge is 2.25. The fourth-order valence-corrected chi connectivity index (χ4v) is 2.34. The van der Waals surface area contributed by atoms with Crippen molar-refractivity contribution in [3.63, 3.8) is 0 Å². The normalized spacial score (nSPS) is 14.7. The molecule has 0 radical (unpaired) electrons. The topological polar surface area (TPSA) is 49.8 Å². The summed E-state index contributed by atoms with van der Waals surface area (Å²) in [5, 5.41) is 8.97. The predicted molar refractivity (Wildman–Crippen MR) is 73.4 cm³/mol. The van der Waals surface area contributed by atoms with E-state index in [1.807, 2.05) is 24.0 Å². The molecule has 0 spiro atoms. The molecule has 4 heteroatoms. The standard InChI is InChI=1S/C15H21NO3/c1-11-7-13(5-6-14(11)19-2)9-16(10-15(17)18)8-12-3-4-12/h5-7,12H,3-4,8-10H2,1-2H3,(H,17,18). The first kappa shape index (κ1) is 13.9. The van der Waals surface area contributed by atoms with E-state index in [1.54, 1.807) is 7.11 Å². The van der Waals surface area contributed by atoms with Crippen molar-refractivity contribution in [3.8, 4) is 5.75 Å². The van der Waals surface area contributed by atoms with Crippen molar-refractivity contribution in [3.05, 3.63) is 29.3 Å². The maximum absolute atomic E-state index is 10.9. The minimum Gasteiger partial charge on any atom is -0.496 e. The molecule has 0 amide bonds. The molecular formula is C15H21NO3. The molecule has 0 bridgehead atoms. The predicted octanol–water partition coefficient (Wildman–Crippen LogP) is 2.30. The molecule has 2 rings (SSSR count). The van der Waals surface area contributed by atoms with Crippen molar-refractivity contribution in [1.29, 1.82) is 0 Å². The Labute approximate surface area is 114 Å². The molecule has 1 saturated carbocycles. The SMILES string of the molecule is COc1ccc(CN(CC(=O)O)CC2CC2)cc1C. The van der Waals surface area contributed by atoms with Crippen molar-refractivity contribution in [2.24, 2.45) is 5.92 Å². The fraction of sp³-hybridized carbons (Fsp3) is 0.533. The van der Waals surface area contributed by atoms with Gasteiger partial charge in [-0.1, -0.05) is 12.1 Å². The first-order valence-corrected chi connectivity index (χ1v) is 6.66. The van der Waals surface area contributed by atoms with Crippen LogP contribution in [0, 0.1) is 12.8 Å². The lowest BCUT2D eigenvalue weighted by molar-refractivity contribution is -0.138. The average molecular weight is 263 g/mol. The minimum atomic E-state index is -0.758. The lowest BCUT2D eigenvalue weighted by atomic mass is 10.1. The quantitative estimate of drug-likeness (QED) is 0.820. The van der Waals surface area contributed by atoms with Crippen LogP contribution >= 0.6 is 0 Å². The number of carboxylic acids is 1. The van der Waals surface area contributed by atoms with Crippen LogP contribution in [0.4, 0.5) is 0 Å². The highest BCUT2D eigenvalue weighted by Crippen LogP contribution is 2.30. The van der Waals surface area contributed by atoms with Gasteiger partial charge in [0.1, 0.15) is 5.75 Å². The molecule has 19 heavy (non-hydrogen) atoms. The molecule has 4 nitrogen and oxygen atoms in total. The summed E-state index contributed by atoms with van der Waals surface area (Å²) in [6.45, 7) is 3.69. The lowest BCUT2D eigenvalue weighted by Gasteiger charge is -2.20. The Morgan fingerprint density at radius 3 is 2.74 bits per heavy atom. The number of nitrogens with zero attached hydrogens (tertiary/aromatic N) is 1. The number of aryl methyl sites for hydroxylation is 1. The Morgan fingerprint density at radius 1 is 1.47 bits per heavy atom. The van der Waals surface area contributed by atoms with E-state index in [0.717, 1.165) is 23.4 Å². The summed E-state index contributed by atoms with van der Waals surface area (Å²) < 4.78 is 5.24. The van der Waals surface area contributed by atoms with Gasteiger partial charge in [-0.25, -0.2) is 0 Å². The van der Waals surface area contributed by atoms with Gasteiger partial charge in [0.05, 0.1) is 13.7 Å². The van der Waals surface area contributed by atoms with Crippen molar-refractivity contribution < 1.29 is 14.6 Å². The molecule has 1 aromatic rings. The second-order valence-corrected chi connectivity index (χ2v) is 5.31. The number of hydrogen-bond donors (Lipinski definition) is 1. The first-order chi connectivity index (χ1) is 9.08. The maximum Gasteiger partial charge on any atom is 0.317 e. The number of hydrogen-bond acceptors (Lipinski definition) is 3. The number of carbonyl (C=O) groups is 1. The molecule has 0 aromatic heterocycles. The zero-order valence-electron chi connectivity index (χ0n) is 11.6. The zero-order chi connectivity index (χ0) is 13.8. The Balaban J connectivity index is 2.02. The number of benzene rings is 1. The molecular weight excluding hydrogens is 242 g/mol. The number of methoxy groups -OCH3 is 1. The van der Waals surface area contributed by atoms with Crippen molar-refractivity contribution in [2.75, 3.05) is 20.2 Å². The summed E-state index contributed by atoms with van der Waals surface area (Å²) in [7, 11) is 1.66. The van der Waals surface area contributed by atoms with Gasteiger partial charge >= 0.3 is 5.97 Å². The highest BCUT2D eigenvalue weighted by atomic mass is 16.5. The van der Waals surface area contributed by atoms with Crippen LogP contribution in [0.25, 0.3) is 0 Å². The van der Waals surface area contributed by atoms with E-state index in [9.17, 15) is 4.79 Å². The summed E-state index contributed by atoms with van der Waals surface area (Å²) in [5.74, 6) is 0.806. The van der Waals surface area contributed by atoms with Gasteiger partial charge in [-0.2, -0.15) is 0 Å². The van der Waals surface area contributed by atoms with Crippen LogP contribution in [0.2, 0.25) is 0 Å². The maximum atomic E-state index is 10.9. The summed E-state index contributed by atoms with van der Waals surface area (Å²) in [6, 6.07) is 6.02. The fourth-order valence-electron chi connectivity index (χ4n) is 2.34. The first-order valence-electron chi connectivity index (χ1n) is 6.66. The number of rotatable bonds is 7. The molecule has 104 valence electrons. The Kier molecular flexibility index (Phi) is 4.43. The van der Waals surface area contributed by atoms with Gasteiger partial charge in [0.25, 0.3) is 0 Å². The molecule has 1 aliphatic carbocycles. The summed E-state index contributed by atoms with van der Waals surface area (Å²) in [6.07, 6.45) is 2.47. The molecule has 0 saturated heterocycles. The van der Waals surface area contributed by atoms with Crippen molar-refractivity contribution in [2.45, 2.75) is 26.3 Å². The summed E-state index contributed by atoms with van der Waals surface area (Å²) >= 11 is 0. The van der Waals surface area contributed by atoms with Crippen molar-refractivity contribution in [1.82, 2.24) is 4.90 Å². The Morgan fingerprint density at radius 2 is 2.21 bits per heavy atom. The molecule has 0 aliphatic heterocycles. The Bertz CT molecular complexity index is 455. The van der Waals surface area contributed by atoms with E-state index in [-0.39, 0.29) is 6.54 Å². The molecule has 1 N–H and O–H groups in total. The molecule has 0 atom stereocenters. The van der Waals surface area contributed by atoms with Crippen LogP contribution in [-0.4, -0.2) is 36.2 Å². The van der Waals surface area contributed by atoms with Crippen LogP contribution in [0.1, 0.15) is 24.0 Å². The molecule has 1 fully saturated rings. The zero-order valence-corrected chi connectivity index (χ0v) is 11.6. The van der Waals surface area contributed by atoms with Crippen molar-refractivity contribution >= 4 is 5.97 Å². The van der Waals surface area contributed by atoms with E-state index in [0.29, 0.717) is 12.5 Å². The van der Waals surface area contributed by atoms with Gasteiger partial charge in [-0.15, -0.1) is 0 Å². The van der Waals surface area contributed by atoms with E-state index in [1.165, 1.54) is 12.8 Å². The van der Waals surface area contributed by atoms with Crippen LogP contribution in [-0.2, 0) is 11.3 Å². The van der Waals surface area contributed by atoms with Gasteiger partial charge in [-0.05, 0) is 42.9 Å². The molecule has 1 aliphatic rings. The third-order valence-corrected chi connectivity index (χ3v) is 3.44. The second-order valence-electron chi connectivity index (χ2n) is 5.31. The van der Waals surface area contributed by atoms with Crippen LogP contribution in [0.15, 0.2) is 18.2 Å². The van der Waals surface area contributed by atoms with Gasteiger partial charge in [0.2, 0.25) is 0 Å². The van der Waals surface area contributed by atoms with Gasteiger partial charge in [0.15, 0.2) is 0 Å². The van der Waals surface area contributed by atoms with Gasteiger partial charge in [0, 0.05) is 13.1 Å². The van der Waals surface area contributed by atoms with E-state index in [2.05, 4.69) is 6.07 Å². The van der Waals surface area contributed by atoms with Gasteiger partial charge < -0.3 is 9.84 Å². The number of aliphatic carboxylic acids is 1. The minimum absolute atomic E-state index is 0.113. The molecule has 0 unspecified atom stereocenters. The molecule has 0 heterocycles. The highest BCUT2D eigenvalue weighted by molar-refractivity contribution is 5.69. The van der Waals surface area contributed by atoms with Crippen LogP contribution < -0.4 is 4.74 Å². The third-order valence-electron chi connectivity index (χ3n) is 3.44. The van der Waals surface area contributed by atoms with Crippen LogP contribution in [0.3, 0.4) is 0 Å². The Hall–Kier alpha value is -1.55. The van der Waals surface area contributed by atoms with Crippen LogP contribution in [0.5, 0.6) is 5.75 Å².